The fourth-order valence-electron chi connectivity index (χ4n) is 2.27. The first-order valence-electron chi connectivity index (χ1n) is 8.78. The zero-order valence-corrected chi connectivity index (χ0v) is 19.4. The maximum Gasteiger partial charge on any atom is 0.0273 e. The Morgan fingerprint density at radius 2 is 1.04 bits per heavy atom. The van der Waals surface area contributed by atoms with Crippen LogP contribution in [0.4, 0.5) is 0 Å². The predicted molar refractivity (Wildman–Crippen MR) is 135 cm³/mol. The number of benzene rings is 2. The lowest BCUT2D eigenvalue weighted by Gasteiger charge is -2.17. The normalized spacial score (nSPS) is 13.0. The highest BCUT2D eigenvalue weighted by atomic mass is 32.2. The van der Waals surface area contributed by atoms with Gasteiger partial charge in [0.2, 0.25) is 0 Å². The van der Waals surface area contributed by atoms with Crippen LogP contribution in [0.5, 0.6) is 0 Å². The highest BCUT2D eigenvalue weighted by Gasteiger charge is 2.13. The molecule has 0 aliphatic heterocycles. The Bertz CT molecular complexity index is 587. The van der Waals surface area contributed by atoms with Crippen LogP contribution >= 0.6 is 58.8 Å². The zero-order chi connectivity index (χ0) is 19.2. The molecule has 0 N–H and O–H groups in total. The molecule has 5 heteroatoms. The van der Waals surface area contributed by atoms with Crippen molar-refractivity contribution in [2.24, 2.45) is 0 Å². The van der Waals surface area contributed by atoms with Gasteiger partial charge in [-0.05, 0) is 35.1 Å². The summed E-state index contributed by atoms with van der Waals surface area (Å²) in [5.74, 6) is 4.54. The van der Waals surface area contributed by atoms with Crippen LogP contribution < -0.4 is 0 Å². The molecule has 0 saturated heterocycles. The van der Waals surface area contributed by atoms with Gasteiger partial charge in [0, 0.05) is 43.3 Å². The van der Waals surface area contributed by atoms with Gasteiger partial charge in [-0.25, -0.2) is 0 Å². The van der Waals surface area contributed by atoms with Crippen molar-refractivity contribution in [1.82, 2.24) is 0 Å². The van der Waals surface area contributed by atoms with E-state index in [-0.39, 0.29) is 0 Å². The van der Waals surface area contributed by atoms with E-state index in [4.69, 9.17) is 0 Å². The smallest absolute Gasteiger partial charge is 0.0273 e. The van der Waals surface area contributed by atoms with E-state index in [2.05, 4.69) is 85.6 Å². The molecule has 0 saturated carbocycles. The Kier molecular flexibility index (Phi) is 12.4. The monoisotopic (exact) mass is 450 g/mol. The molecule has 0 heterocycles. The summed E-state index contributed by atoms with van der Waals surface area (Å²) in [4.78, 5) is 2.69. The molecular formula is C22H26S5. The fourth-order valence-corrected chi connectivity index (χ4v) is 7.94. The Balaban J connectivity index is 1.74. The van der Waals surface area contributed by atoms with Crippen LogP contribution in [0.25, 0.3) is 0 Å². The molecule has 0 spiro atoms. The lowest BCUT2D eigenvalue weighted by atomic mass is 10.4. The minimum absolute atomic E-state index is 0.592. The number of hydrogen-bond acceptors (Lipinski definition) is 5. The second-order valence-corrected chi connectivity index (χ2v) is 11.4. The topological polar surface area (TPSA) is 0 Å². The Hall–Kier alpha value is -0.330. The van der Waals surface area contributed by atoms with Crippen LogP contribution in [0.3, 0.4) is 0 Å². The van der Waals surface area contributed by atoms with Crippen LogP contribution in [-0.2, 0) is 0 Å². The van der Waals surface area contributed by atoms with Gasteiger partial charge in [0.1, 0.15) is 0 Å². The van der Waals surface area contributed by atoms with Gasteiger partial charge in [0.25, 0.3) is 0 Å². The van der Waals surface area contributed by atoms with Crippen molar-refractivity contribution in [1.29, 1.82) is 0 Å². The van der Waals surface area contributed by atoms with Crippen molar-refractivity contribution in [2.45, 2.75) is 20.3 Å². The van der Waals surface area contributed by atoms with Gasteiger partial charge in [-0.1, -0.05) is 49.6 Å². The van der Waals surface area contributed by atoms with Crippen molar-refractivity contribution in [3.63, 3.8) is 0 Å². The van der Waals surface area contributed by atoms with E-state index in [1.807, 2.05) is 57.9 Å². The summed E-state index contributed by atoms with van der Waals surface area (Å²) in [7, 11) is 0. The third kappa shape index (κ3) is 10.1. The van der Waals surface area contributed by atoms with Crippen LogP contribution in [0.1, 0.15) is 0 Å². The third-order valence-corrected chi connectivity index (χ3v) is 9.83. The molecule has 0 fully saturated rings. The van der Waals surface area contributed by atoms with E-state index < -0.39 is 0 Å². The molecule has 0 bridgehead atoms. The summed E-state index contributed by atoms with van der Waals surface area (Å²) in [6.45, 7) is 7.83. The van der Waals surface area contributed by atoms with Gasteiger partial charge in [0.05, 0.1) is 0 Å². The number of thioether (sulfide) groups is 5. The Morgan fingerprint density at radius 1 is 0.630 bits per heavy atom. The predicted octanol–water partition coefficient (Wildman–Crippen LogP) is 7.79. The maximum atomic E-state index is 3.91. The lowest BCUT2D eigenvalue weighted by Crippen LogP contribution is -2.14. The Morgan fingerprint density at radius 3 is 1.41 bits per heavy atom. The second-order valence-electron chi connectivity index (χ2n) is 5.64. The molecule has 2 aromatic rings. The minimum atomic E-state index is 0.592. The molecule has 0 aromatic heterocycles. The van der Waals surface area contributed by atoms with Crippen molar-refractivity contribution >= 4 is 58.8 Å². The lowest BCUT2D eigenvalue weighted by molar-refractivity contribution is 1.12. The summed E-state index contributed by atoms with van der Waals surface area (Å²) in [5.41, 5.74) is 0. The van der Waals surface area contributed by atoms with Crippen LogP contribution in [0.2, 0.25) is 0 Å². The van der Waals surface area contributed by atoms with Gasteiger partial charge >= 0.3 is 0 Å². The second kappa shape index (κ2) is 14.6. The molecule has 0 amide bonds. The highest BCUT2D eigenvalue weighted by molar-refractivity contribution is 8.08. The summed E-state index contributed by atoms with van der Waals surface area (Å²) < 4.78 is 0. The molecule has 144 valence electrons. The fraction of sp³-hybridized carbons (Fsp3) is 0.273. The molecular weight excluding hydrogens is 425 g/mol. The average molecular weight is 451 g/mol. The Labute approximate surface area is 185 Å². The first-order valence-corrected chi connectivity index (χ1v) is 13.8. The molecule has 0 aliphatic carbocycles. The first kappa shape index (κ1) is 23.0. The van der Waals surface area contributed by atoms with E-state index in [1.54, 1.807) is 0 Å². The molecule has 0 nitrogen and oxygen atoms in total. The first-order chi connectivity index (χ1) is 13.3. The maximum absolute atomic E-state index is 3.91. The van der Waals surface area contributed by atoms with E-state index in [9.17, 15) is 0 Å². The van der Waals surface area contributed by atoms with Gasteiger partial charge < -0.3 is 0 Å². The average Bonchev–Trinajstić information content (AvgIpc) is 2.71. The zero-order valence-electron chi connectivity index (χ0n) is 15.4. The SMILES string of the molecule is C=CSC(CSCC(CSc1ccccc1)SC=C)CSc1ccccc1. The van der Waals surface area contributed by atoms with Crippen molar-refractivity contribution < 1.29 is 0 Å². The van der Waals surface area contributed by atoms with E-state index in [0.29, 0.717) is 10.5 Å². The minimum Gasteiger partial charge on any atom is -0.160 e. The van der Waals surface area contributed by atoms with Crippen molar-refractivity contribution in [2.75, 3.05) is 23.0 Å². The molecule has 2 aromatic carbocycles. The van der Waals surface area contributed by atoms with Gasteiger partial charge in [0.15, 0.2) is 0 Å². The molecule has 0 radical (unpaired) electrons. The van der Waals surface area contributed by atoms with E-state index >= 15 is 0 Å². The summed E-state index contributed by atoms with van der Waals surface area (Å²) in [6.07, 6.45) is 0. The number of rotatable bonds is 14. The molecule has 2 unspecified atom stereocenters. The summed E-state index contributed by atoms with van der Waals surface area (Å²) in [5, 5.41) is 5.15. The highest BCUT2D eigenvalue weighted by Crippen LogP contribution is 2.29. The molecule has 2 rings (SSSR count). The van der Waals surface area contributed by atoms with Gasteiger partial charge in [-0.15, -0.1) is 47.0 Å². The molecule has 2 atom stereocenters. The van der Waals surface area contributed by atoms with E-state index in [1.165, 1.54) is 9.79 Å². The summed E-state index contributed by atoms with van der Waals surface area (Å²) in [6, 6.07) is 21.3. The van der Waals surface area contributed by atoms with Crippen LogP contribution in [-0.4, -0.2) is 33.5 Å². The van der Waals surface area contributed by atoms with Crippen LogP contribution in [0, 0.1) is 0 Å². The van der Waals surface area contributed by atoms with Gasteiger partial charge in [-0.3, -0.25) is 0 Å². The third-order valence-electron chi connectivity index (χ3n) is 3.54. The molecule has 0 aliphatic rings. The quantitative estimate of drug-likeness (QED) is 0.268. The molecule has 27 heavy (non-hydrogen) atoms. The largest absolute Gasteiger partial charge is 0.160 e. The van der Waals surface area contributed by atoms with E-state index in [0.717, 1.165) is 23.0 Å². The van der Waals surface area contributed by atoms with Gasteiger partial charge in [-0.2, -0.15) is 11.8 Å². The van der Waals surface area contributed by atoms with Crippen molar-refractivity contribution in [3.8, 4) is 0 Å². The summed E-state index contributed by atoms with van der Waals surface area (Å²) >= 11 is 9.65. The standard InChI is InChI=1S/C22H26S5/c1-3-24-21(17-26-19-11-7-5-8-12-19)15-23-16-22(25-4-2)18-27-20-13-9-6-10-14-20/h3-14,21-22H,1-2,15-18H2. The van der Waals surface area contributed by atoms with Crippen LogP contribution in [0.15, 0.2) is 94.4 Å². The number of hydrogen-bond donors (Lipinski definition) is 0. The van der Waals surface area contributed by atoms with Crippen molar-refractivity contribution in [3.05, 3.63) is 84.6 Å².